The molecule has 0 aliphatic carbocycles. The predicted molar refractivity (Wildman–Crippen MR) is 55.0 cm³/mol. The molecule has 14 heavy (non-hydrogen) atoms. The Morgan fingerprint density at radius 3 is 2.79 bits per heavy atom. The zero-order valence-corrected chi connectivity index (χ0v) is 9.65. The molecule has 0 heterocycles. The maximum absolute atomic E-state index is 13.1. The molecule has 0 bridgehead atoms. The number of rotatable bonds is 2. The van der Waals surface area contributed by atoms with E-state index in [0.717, 1.165) is 6.07 Å². The third kappa shape index (κ3) is 2.25. The van der Waals surface area contributed by atoms with Gasteiger partial charge in [0.1, 0.15) is 5.82 Å². The van der Waals surface area contributed by atoms with Crippen LogP contribution >= 0.6 is 27.5 Å². The molecule has 0 N–H and O–H groups in total. The van der Waals surface area contributed by atoms with Crippen LogP contribution in [0.3, 0.4) is 0 Å². The topological polar surface area (TPSA) is 26.3 Å². The number of hydrogen-bond donors (Lipinski definition) is 0. The van der Waals surface area contributed by atoms with E-state index < -0.39 is 11.8 Å². The number of benzene rings is 1. The summed E-state index contributed by atoms with van der Waals surface area (Å²) in [5.41, 5.74) is 0.690. The third-order valence-corrected chi connectivity index (χ3v) is 2.59. The Morgan fingerprint density at radius 2 is 2.29 bits per heavy atom. The molecule has 0 aliphatic heterocycles. The molecule has 0 saturated heterocycles. The van der Waals surface area contributed by atoms with Crippen molar-refractivity contribution in [3.05, 3.63) is 33.5 Å². The predicted octanol–water partition coefficient (Wildman–Crippen LogP) is 3.11. The Balaban J connectivity index is 3.27. The smallest absolute Gasteiger partial charge is 0.338 e. The van der Waals surface area contributed by atoms with E-state index in [1.54, 1.807) is 0 Å². The zero-order chi connectivity index (χ0) is 10.7. The minimum Gasteiger partial charge on any atom is -0.465 e. The lowest BCUT2D eigenvalue weighted by Gasteiger charge is -2.06. The summed E-state index contributed by atoms with van der Waals surface area (Å²) in [5, 5.41) is 0. The summed E-state index contributed by atoms with van der Waals surface area (Å²) in [7, 11) is 1.24. The Kier molecular flexibility index (Phi) is 3.89. The van der Waals surface area contributed by atoms with Crippen molar-refractivity contribution >= 4 is 33.5 Å². The summed E-state index contributed by atoms with van der Waals surface area (Å²) in [6.45, 7) is 0. The first-order valence-corrected chi connectivity index (χ1v) is 5.05. The summed E-state index contributed by atoms with van der Waals surface area (Å²) in [5.74, 6) is -0.977. The number of methoxy groups -OCH3 is 1. The largest absolute Gasteiger partial charge is 0.465 e. The van der Waals surface area contributed by atoms with Gasteiger partial charge >= 0.3 is 5.97 Å². The molecule has 0 fully saturated rings. The first-order chi connectivity index (χ1) is 6.60. The van der Waals surface area contributed by atoms with Gasteiger partial charge in [0, 0.05) is 5.88 Å². The first-order valence-electron chi connectivity index (χ1n) is 3.72. The highest BCUT2D eigenvalue weighted by Gasteiger charge is 2.14. The Hall–Kier alpha value is -0.610. The molecule has 2 nitrogen and oxygen atoms in total. The highest BCUT2D eigenvalue weighted by molar-refractivity contribution is 9.10. The zero-order valence-electron chi connectivity index (χ0n) is 7.31. The van der Waals surface area contributed by atoms with Crippen molar-refractivity contribution < 1.29 is 13.9 Å². The minimum atomic E-state index is -0.591. The highest BCUT2D eigenvalue weighted by atomic mass is 79.9. The Bertz CT molecular complexity index is 368. The van der Waals surface area contributed by atoms with Gasteiger partial charge < -0.3 is 4.74 Å². The number of esters is 1. The van der Waals surface area contributed by atoms with Crippen molar-refractivity contribution in [2.24, 2.45) is 0 Å². The third-order valence-electron chi connectivity index (χ3n) is 1.70. The molecule has 0 spiro atoms. The number of ether oxygens (including phenoxy) is 1. The van der Waals surface area contributed by atoms with Crippen LogP contribution in [0.25, 0.3) is 0 Å². The van der Waals surface area contributed by atoms with E-state index >= 15 is 0 Å². The second kappa shape index (κ2) is 4.75. The summed E-state index contributed by atoms with van der Waals surface area (Å²) in [4.78, 5) is 11.2. The van der Waals surface area contributed by atoms with E-state index in [9.17, 15) is 9.18 Å². The van der Waals surface area contributed by atoms with Crippen LogP contribution in [0.1, 0.15) is 15.9 Å². The fraction of sp³-hybridized carbons (Fsp3) is 0.222. The molecule has 1 rings (SSSR count). The molecule has 0 aliphatic rings. The summed E-state index contributed by atoms with van der Waals surface area (Å²) >= 11 is 8.61. The number of carbonyl (C=O) groups is 1. The maximum atomic E-state index is 13.1. The van der Waals surface area contributed by atoms with Gasteiger partial charge in [0.05, 0.1) is 17.1 Å². The minimum absolute atomic E-state index is 0.128. The van der Waals surface area contributed by atoms with Crippen molar-refractivity contribution in [3.63, 3.8) is 0 Å². The maximum Gasteiger partial charge on any atom is 0.338 e. The number of halogens is 3. The SMILES string of the molecule is COC(=O)c1cc(F)c(Br)cc1CCl. The van der Waals surface area contributed by atoms with E-state index in [2.05, 4.69) is 20.7 Å². The molecule has 0 radical (unpaired) electrons. The van der Waals surface area contributed by atoms with Gasteiger partial charge in [-0.05, 0) is 33.6 Å². The Morgan fingerprint density at radius 1 is 1.64 bits per heavy atom. The van der Waals surface area contributed by atoms with Gasteiger partial charge in [0.15, 0.2) is 0 Å². The molecule has 5 heteroatoms. The van der Waals surface area contributed by atoms with Gasteiger partial charge in [-0.1, -0.05) is 0 Å². The molecular weight excluding hydrogens is 274 g/mol. The standard InChI is InChI=1S/C9H7BrClFO2/c1-14-9(13)6-3-8(12)7(10)2-5(6)4-11/h2-3H,4H2,1H3. The quantitative estimate of drug-likeness (QED) is 0.615. The molecule has 0 saturated carbocycles. The van der Waals surface area contributed by atoms with E-state index in [-0.39, 0.29) is 15.9 Å². The van der Waals surface area contributed by atoms with Gasteiger partial charge in [0.25, 0.3) is 0 Å². The highest BCUT2D eigenvalue weighted by Crippen LogP contribution is 2.22. The van der Waals surface area contributed by atoms with Crippen LogP contribution in [0.4, 0.5) is 4.39 Å². The second-order valence-electron chi connectivity index (χ2n) is 2.55. The van der Waals surface area contributed by atoms with Crippen molar-refractivity contribution in [3.8, 4) is 0 Å². The van der Waals surface area contributed by atoms with Crippen LogP contribution in [0, 0.1) is 5.82 Å². The lowest BCUT2D eigenvalue weighted by Crippen LogP contribution is -2.05. The summed E-state index contributed by atoms with van der Waals surface area (Å²) < 4.78 is 17.9. The van der Waals surface area contributed by atoms with Gasteiger partial charge in [-0.15, -0.1) is 11.6 Å². The van der Waals surface area contributed by atoms with Crippen LogP contribution in [0.15, 0.2) is 16.6 Å². The average Bonchev–Trinajstić information content (AvgIpc) is 2.20. The Labute approximate surface area is 94.1 Å². The molecule has 0 unspecified atom stereocenters. The van der Waals surface area contributed by atoms with Crippen LogP contribution in [-0.2, 0) is 10.6 Å². The fourth-order valence-corrected chi connectivity index (χ4v) is 1.61. The number of carbonyl (C=O) groups excluding carboxylic acids is 1. The van der Waals surface area contributed by atoms with Gasteiger partial charge in [0.2, 0.25) is 0 Å². The van der Waals surface area contributed by atoms with Crippen molar-refractivity contribution in [1.82, 2.24) is 0 Å². The normalized spacial score (nSPS) is 10.0. The molecule has 0 amide bonds. The lowest BCUT2D eigenvalue weighted by molar-refractivity contribution is 0.0599. The van der Waals surface area contributed by atoms with Crippen molar-refractivity contribution in [2.45, 2.75) is 5.88 Å². The fourth-order valence-electron chi connectivity index (χ4n) is 0.999. The van der Waals surface area contributed by atoms with E-state index in [0.29, 0.717) is 5.56 Å². The molecule has 1 aromatic rings. The van der Waals surface area contributed by atoms with Crippen LogP contribution in [-0.4, -0.2) is 13.1 Å². The molecule has 0 aromatic heterocycles. The van der Waals surface area contributed by atoms with Crippen LogP contribution in [0.5, 0.6) is 0 Å². The van der Waals surface area contributed by atoms with E-state index in [1.165, 1.54) is 13.2 Å². The molecule has 76 valence electrons. The lowest BCUT2D eigenvalue weighted by atomic mass is 10.1. The van der Waals surface area contributed by atoms with Crippen molar-refractivity contribution in [2.75, 3.05) is 7.11 Å². The van der Waals surface area contributed by atoms with Gasteiger partial charge in [-0.25, -0.2) is 9.18 Å². The summed E-state index contributed by atoms with van der Waals surface area (Å²) in [6.07, 6.45) is 0. The van der Waals surface area contributed by atoms with Crippen molar-refractivity contribution in [1.29, 1.82) is 0 Å². The van der Waals surface area contributed by atoms with E-state index in [1.807, 2.05) is 0 Å². The van der Waals surface area contributed by atoms with Gasteiger partial charge in [-0.3, -0.25) is 0 Å². The second-order valence-corrected chi connectivity index (χ2v) is 3.67. The van der Waals surface area contributed by atoms with Gasteiger partial charge in [-0.2, -0.15) is 0 Å². The first kappa shape index (κ1) is 11.5. The molecule has 1 aromatic carbocycles. The summed E-state index contributed by atoms with van der Waals surface area (Å²) in [6, 6.07) is 2.57. The number of hydrogen-bond acceptors (Lipinski definition) is 2. The molecular formula is C9H7BrClFO2. The van der Waals surface area contributed by atoms with Crippen LogP contribution < -0.4 is 0 Å². The average molecular weight is 282 g/mol. The number of alkyl halides is 1. The van der Waals surface area contributed by atoms with E-state index in [4.69, 9.17) is 11.6 Å². The molecule has 0 atom stereocenters. The monoisotopic (exact) mass is 280 g/mol. The van der Waals surface area contributed by atoms with Crippen LogP contribution in [0.2, 0.25) is 0 Å².